The van der Waals surface area contributed by atoms with Crippen LogP contribution in [0, 0.1) is 0 Å². The number of hydrogen-bond acceptors (Lipinski definition) is 3. The number of carbonyl (C=O) groups excluding carboxylic acids is 1. The Morgan fingerprint density at radius 1 is 1.29 bits per heavy atom. The van der Waals surface area contributed by atoms with Crippen molar-refractivity contribution in [2.24, 2.45) is 0 Å². The summed E-state index contributed by atoms with van der Waals surface area (Å²) in [7, 11) is 0. The van der Waals surface area contributed by atoms with E-state index in [2.05, 4.69) is 5.32 Å². The van der Waals surface area contributed by atoms with Gasteiger partial charge >= 0.3 is 18.1 Å². The number of amides is 1. The Labute approximate surface area is 95.6 Å². The van der Waals surface area contributed by atoms with E-state index >= 15 is 0 Å². The van der Waals surface area contributed by atoms with Gasteiger partial charge in [0.2, 0.25) is 0 Å². The van der Waals surface area contributed by atoms with Crippen LogP contribution in [-0.4, -0.2) is 53.7 Å². The van der Waals surface area contributed by atoms with Crippen LogP contribution in [0.25, 0.3) is 0 Å². The third-order valence-electron chi connectivity index (χ3n) is 2.57. The van der Waals surface area contributed by atoms with Crippen LogP contribution in [0.15, 0.2) is 0 Å². The maximum atomic E-state index is 12.1. The normalized spacial score (nSPS) is 18.2. The van der Waals surface area contributed by atoms with Gasteiger partial charge in [-0.25, -0.2) is 0 Å². The summed E-state index contributed by atoms with van der Waals surface area (Å²) in [6.07, 6.45) is -4.18. The lowest BCUT2D eigenvalue weighted by Crippen LogP contribution is -2.49. The molecule has 1 aliphatic heterocycles. The van der Waals surface area contributed by atoms with Crippen LogP contribution < -0.4 is 5.32 Å². The molecule has 1 heterocycles. The maximum Gasteiger partial charge on any atom is 0.471 e. The summed E-state index contributed by atoms with van der Waals surface area (Å²) in [6, 6.07) is -0.150. The molecule has 1 saturated heterocycles. The van der Waals surface area contributed by atoms with Gasteiger partial charge in [0.05, 0.1) is 6.54 Å². The highest BCUT2D eigenvalue weighted by atomic mass is 19.4. The molecule has 1 fully saturated rings. The molecule has 17 heavy (non-hydrogen) atoms. The predicted octanol–water partition coefficient (Wildman–Crippen LogP) is 0.214. The van der Waals surface area contributed by atoms with Crippen molar-refractivity contribution in [1.82, 2.24) is 10.2 Å². The molecule has 0 bridgehead atoms. The molecule has 0 aromatic heterocycles. The molecule has 2 N–H and O–H groups in total. The lowest BCUT2D eigenvalue weighted by Gasteiger charge is -2.32. The number of aliphatic carboxylic acids is 1. The van der Waals surface area contributed by atoms with Crippen LogP contribution in [-0.2, 0) is 9.59 Å². The van der Waals surface area contributed by atoms with E-state index in [-0.39, 0.29) is 25.7 Å². The molecule has 0 aromatic rings. The van der Waals surface area contributed by atoms with Crippen LogP contribution in [0.5, 0.6) is 0 Å². The molecular weight excluding hydrogens is 241 g/mol. The largest absolute Gasteiger partial charge is 0.480 e. The lowest BCUT2D eigenvalue weighted by atomic mass is 10.1. The van der Waals surface area contributed by atoms with Gasteiger partial charge in [-0.2, -0.15) is 13.2 Å². The highest BCUT2D eigenvalue weighted by molar-refractivity contribution is 5.81. The third kappa shape index (κ3) is 4.22. The van der Waals surface area contributed by atoms with Crippen molar-refractivity contribution >= 4 is 11.9 Å². The first kappa shape index (κ1) is 13.8. The van der Waals surface area contributed by atoms with Crippen molar-refractivity contribution in [3.05, 3.63) is 0 Å². The Morgan fingerprint density at radius 2 is 1.82 bits per heavy atom. The van der Waals surface area contributed by atoms with Crippen molar-refractivity contribution in [2.45, 2.75) is 25.1 Å². The Bertz CT molecular complexity index is 298. The molecule has 0 aliphatic carbocycles. The van der Waals surface area contributed by atoms with Crippen LogP contribution >= 0.6 is 0 Å². The van der Waals surface area contributed by atoms with Gasteiger partial charge < -0.3 is 15.3 Å². The zero-order valence-electron chi connectivity index (χ0n) is 8.96. The van der Waals surface area contributed by atoms with E-state index < -0.39 is 18.1 Å². The first-order valence-corrected chi connectivity index (χ1v) is 5.12. The number of likely N-dealkylation sites (tertiary alicyclic amines) is 1. The Balaban J connectivity index is 2.36. The summed E-state index contributed by atoms with van der Waals surface area (Å²) in [6.45, 7) is -0.233. The molecule has 0 aromatic carbocycles. The molecule has 8 heteroatoms. The van der Waals surface area contributed by atoms with E-state index in [4.69, 9.17) is 5.11 Å². The van der Waals surface area contributed by atoms with Crippen molar-refractivity contribution in [3.8, 4) is 0 Å². The number of carboxylic acid groups (broad SMARTS) is 1. The second-order valence-electron chi connectivity index (χ2n) is 3.84. The minimum Gasteiger partial charge on any atom is -0.480 e. The SMILES string of the molecule is O=C(O)CNC1CCN(C(=O)C(F)(F)F)CC1. The molecule has 1 aliphatic rings. The Kier molecular flexibility index (Phi) is 4.33. The molecular formula is C9H13F3N2O3. The van der Waals surface area contributed by atoms with Crippen molar-refractivity contribution in [2.75, 3.05) is 19.6 Å². The quantitative estimate of drug-likeness (QED) is 0.755. The van der Waals surface area contributed by atoms with E-state index in [0.717, 1.165) is 4.90 Å². The van der Waals surface area contributed by atoms with E-state index in [1.165, 1.54) is 0 Å². The van der Waals surface area contributed by atoms with Crippen LogP contribution in [0.2, 0.25) is 0 Å². The minimum absolute atomic E-state index is 0.00434. The number of hydrogen-bond donors (Lipinski definition) is 2. The van der Waals surface area contributed by atoms with E-state index in [1.807, 2.05) is 0 Å². The first-order valence-electron chi connectivity index (χ1n) is 5.12. The first-order chi connectivity index (χ1) is 7.80. The average Bonchev–Trinajstić information content (AvgIpc) is 2.25. The van der Waals surface area contributed by atoms with Gasteiger partial charge in [-0.05, 0) is 12.8 Å². The summed E-state index contributed by atoms with van der Waals surface area (Å²) in [5.74, 6) is -2.84. The molecule has 0 atom stereocenters. The number of rotatable bonds is 3. The zero-order chi connectivity index (χ0) is 13.1. The zero-order valence-corrected chi connectivity index (χ0v) is 8.96. The number of halogens is 3. The highest BCUT2D eigenvalue weighted by Crippen LogP contribution is 2.21. The number of nitrogens with one attached hydrogen (secondary N) is 1. The summed E-state index contributed by atoms with van der Waals surface area (Å²) < 4.78 is 36.3. The number of carbonyl (C=O) groups is 2. The second kappa shape index (κ2) is 5.35. The smallest absolute Gasteiger partial charge is 0.471 e. The van der Waals surface area contributed by atoms with Crippen molar-refractivity contribution in [1.29, 1.82) is 0 Å². The summed E-state index contributed by atoms with van der Waals surface area (Å²) >= 11 is 0. The molecule has 0 spiro atoms. The fourth-order valence-corrected chi connectivity index (χ4v) is 1.70. The van der Waals surface area contributed by atoms with Crippen molar-refractivity contribution < 1.29 is 27.9 Å². The maximum absolute atomic E-state index is 12.1. The van der Waals surface area contributed by atoms with Gasteiger partial charge in [-0.3, -0.25) is 9.59 Å². The van der Waals surface area contributed by atoms with E-state index in [1.54, 1.807) is 0 Å². The van der Waals surface area contributed by atoms with E-state index in [0.29, 0.717) is 12.8 Å². The number of nitrogens with zero attached hydrogens (tertiary/aromatic N) is 1. The molecule has 1 amide bonds. The Hall–Kier alpha value is -1.31. The van der Waals surface area contributed by atoms with Crippen LogP contribution in [0.3, 0.4) is 0 Å². The standard InChI is InChI=1S/C9H13F3N2O3/c10-9(11,12)8(17)14-3-1-6(2-4-14)13-5-7(15)16/h6,13H,1-5H2,(H,15,16). The monoisotopic (exact) mass is 254 g/mol. The highest BCUT2D eigenvalue weighted by Gasteiger charge is 2.43. The van der Waals surface area contributed by atoms with Gasteiger partial charge in [0.1, 0.15) is 0 Å². The fraction of sp³-hybridized carbons (Fsp3) is 0.778. The molecule has 1 rings (SSSR count). The molecule has 98 valence electrons. The van der Waals surface area contributed by atoms with Crippen LogP contribution in [0.4, 0.5) is 13.2 Å². The number of carboxylic acids is 1. The lowest BCUT2D eigenvalue weighted by molar-refractivity contribution is -0.186. The number of piperidine rings is 1. The van der Waals surface area contributed by atoms with Gasteiger partial charge in [-0.1, -0.05) is 0 Å². The molecule has 5 nitrogen and oxygen atoms in total. The van der Waals surface area contributed by atoms with Crippen LogP contribution in [0.1, 0.15) is 12.8 Å². The second-order valence-corrected chi connectivity index (χ2v) is 3.84. The van der Waals surface area contributed by atoms with Gasteiger partial charge in [0.15, 0.2) is 0 Å². The van der Waals surface area contributed by atoms with Crippen molar-refractivity contribution in [3.63, 3.8) is 0 Å². The van der Waals surface area contributed by atoms with Gasteiger partial charge in [0.25, 0.3) is 0 Å². The molecule has 0 radical (unpaired) electrons. The average molecular weight is 254 g/mol. The third-order valence-corrected chi connectivity index (χ3v) is 2.57. The predicted molar refractivity (Wildman–Crippen MR) is 51.3 cm³/mol. The Morgan fingerprint density at radius 3 is 2.24 bits per heavy atom. The fourth-order valence-electron chi connectivity index (χ4n) is 1.70. The van der Waals surface area contributed by atoms with Gasteiger partial charge in [-0.15, -0.1) is 0 Å². The molecule has 0 unspecified atom stereocenters. The molecule has 0 saturated carbocycles. The topological polar surface area (TPSA) is 69.6 Å². The summed E-state index contributed by atoms with van der Waals surface area (Å²) in [5, 5.41) is 11.1. The summed E-state index contributed by atoms with van der Waals surface area (Å²) in [4.78, 5) is 21.9. The minimum atomic E-state index is -4.83. The van der Waals surface area contributed by atoms with Gasteiger partial charge in [0, 0.05) is 19.1 Å². The number of alkyl halides is 3. The van der Waals surface area contributed by atoms with E-state index in [9.17, 15) is 22.8 Å². The summed E-state index contributed by atoms with van der Waals surface area (Å²) in [5.41, 5.74) is 0.